The van der Waals surface area contributed by atoms with E-state index in [-0.39, 0.29) is 11.8 Å². The molecule has 0 spiro atoms. The van der Waals surface area contributed by atoms with Gasteiger partial charge in [-0.15, -0.1) is 0 Å². The minimum Gasteiger partial charge on any atom is -0.495 e. The number of nitrogens with zero attached hydrogens (tertiary/aromatic N) is 3. The lowest BCUT2D eigenvalue weighted by Crippen LogP contribution is -2.34. The van der Waals surface area contributed by atoms with Crippen LogP contribution in [-0.4, -0.2) is 33.6 Å². The van der Waals surface area contributed by atoms with Crippen LogP contribution in [0.2, 0.25) is 0 Å². The quantitative estimate of drug-likeness (QED) is 0.538. The highest BCUT2D eigenvalue weighted by atomic mass is 16.5. The molecule has 2 aliphatic rings. The van der Waals surface area contributed by atoms with Crippen molar-refractivity contribution >= 4 is 17.5 Å². The zero-order valence-corrected chi connectivity index (χ0v) is 16.2. The number of nitrogens with two attached hydrogens (primary N) is 1. The van der Waals surface area contributed by atoms with Crippen LogP contribution in [0.1, 0.15) is 44.4 Å². The predicted molar refractivity (Wildman–Crippen MR) is 108 cm³/mol. The van der Waals surface area contributed by atoms with E-state index in [1.165, 1.54) is 4.90 Å². The lowest BCUT2D eigenvalue weighted by Gasteiger charge is -2.27. The maximum atomic E-state index is 13.2. The molecular weight excluding hydrogens is 368 g/mol. The number of amides is 2. The van der Waals surface area contributed by atoms with Crippen molar-refractivity contribution in [2.45, 2.75) is 18.9 Å². The number of hydrogen-bond acceptors (Lipinski definition) is 5. The van der Waals surface area contributed by atoms with E-state index >= 15 is 0 Å². The van der Waals surface area contributed by atoms with Gasteiger partial charge >= 0.3 is 0 Å². The summed E-state index contributed by atoms with van der Waals surface area (Å²) in [4.78, 5) is 27.7. The minimum absolute atomic E-state index is 0.263. The average molecular weight is 388 g/mol. The summed E-state index contributed by atoms with van der Waals surface area (Å²) in [6.45, 7) is 0. The number of benzene rings is 2. The summed E-state index contributed by atoms with van der Waals surface area (Å²) >= 11 is 0. The van der Waals surface area contributed by atoms with Crippen molar-refractivity contribution in [1.29, 1.82) is 0 Å². The van der Waals surface area contributed by atoms with Crippen LogP contribution in [0.3, 0.4) is 0 Å². The van der Waals surface area contributed by atoms with Crippen molar-refractivity contribution < 1.29 is 14.3 Å². The summed E-state index contributed by atoms with van der Waals surface area (Å²) in [6, 6.07) is 10.2. The van der Waals surface area contributed by atoms with Crippen LogP contribution in [0.4, 0.5) is 5.69 Å². The molecule has 29 heavy (non-hydrogen) atoms. The molecule has 2 N–H and O–H groups in total. The molecule has 146 valence electrons. The highest BCUT2D eigenvalue weighted by Crippen LogP contribution is 2.45. The minimum atomic E-state index is -0.417. The van der Waals surface area contributed by atoms with E-state index in [1.807, 2.05) is 30.1 Å². The molecule has 1 atom stereocenters. The second-order valence-corrected chi connectivity index (χ2v) is 7.39. The molecule has 2 amide bonds. The van der Waals surface area contributed by atoms with E-state index in [1.54, 1.807) is 31.4 Å². The molecule has 2 heterocycles. The second-order valence-electron chi connectivity index (χ2n) is 7.39. The fourth-order valence-electron chi connectivity index (χ4n) is 4.47. The van der Waals surface area contributed by atoms with Crippen LogP contribution in [0, 0.1) is 0 Å². The predicted octanol–water partition coefficient (Wildman–Crippen LogP) is 2.96. The first-order valence-electron chi connectivity index (χ1n) is 9.46. The third kappa shape index (κ3) is 2.40. The molecule has 7 heteroatoms. The molecule has 3 aromatic rings. The van der Waals surface area contributed by atoms with Gasteiger partial charge in [-0.1, -0.05) is 12.1 Å². The van der Waals surface area contributed by atoms with Gasteiger partial charge in [0.15, 0.2) is 0 Å². The maximum Gasteiger partial charge on any atom is 0.262 e. The molecule has 0 saturated carbocycles. The zero-order valence-electron chi connectivity index (χ0n) is 16.2. The van der Waals surface area contributed by atoms with E-state index in [9.17, 15) is 9.59 Å². The largest absolute Gasteiger partial charge is 0.495 e. The van der Waals surface area contributed by atoms with Gasteiger partial charge in [-0.25, -0.2) is 0 Å². The van der Waals surface area contributed by atoms with Crippen molar-refractivity contribution in [2.75, 3.05) is 12.8 Å². The Morgan fingerprint density at radius 2 is 1.76 bits per heavy atom. The van der Waals surface area contributed by atoms with Gasteiger partial charge in [-0.05, 0) is 48.2 Å². The van der Waals surface area contributed by atoms with E-state index in [0.29, 0.717) is 35.4 Å². The van der Waals surface area contributed by atoms with Crippen LogP contribution < -0.4 is 10.5 Å². The Kier molecular flexibility index (Phi) is 3.74. The molecule has 2 aromatic carbocycles. The fourth-order valence-corrected chi connectivity index (χ4v) is 4.47. The van der Waals surface area contributed by atoms with Crippen LogP contribution >= 0.6 is 0 Å². The summed E-state index contributed by atoms with van der Waals surface area (Å²) in [7, 11) is 3.45. The summed E-state index contributed by atoms with van der Waals surface area (Å²) in [5, 5.41) is 4.39. The molecule has 1 unspecified atom stereocenters. The number of carbonyl (C=O) groups excluding carboxylic acids is 2. The SMILES string of the molecule is COc1cc2c(cc1N)-c1cnn(C)c1CCC2N1C(=O)c2ccccc2C1=O. The number of rotatable bonds is 2. The Balaban J connectivity index is 1.71. The standard InChI is InChI=1S/C22H20N4O3/c1-25-18-7-8-19(26-21(27)12-5-3-4-6-13(12)22(26)28)15-10-20(29-2)17(23)9-14(15)16(18)11-24-25/h3-6,9-11,19H,7-8,23H2,1-2H3. The highest BCUT2D eigenvalue weighted by molar-refractivity contribution is 6.21. The lowest BCUT2D eigenvalue weighted by atomic mass is 9.95. The Morgan fingerprint density at radius 1 is 1.07 bits per heavy atom. The van der Waals surface area contributed by atoms with Crippen molar-refractivity contribution in [3.05, 3.63) is 65.0 Å². The van der Waals surface area contributed by atoms with Gasteiger partial charge in [0.05, 0.1) is 36.2 Å². The Hall–Kier alpha value is -3.61. The van der Waals surface area contributed by atoms with E-state index < -0.39 is 6.04 Å². The fraction of sp³-hybridized carbons (Fsp3) is 0.227. The molecule has 0 fully saturated rings. The number of anilines is 1. The average Bonchev–Trinajstić information content (AvgIpc) is 3.15. The second kappa shape index (κ2) is 6.20. The number of imide groups is 1. The third-order valence-corrected chi connectivity index (χ3v) is 5.90. The number of ether oxygens (including phenoxy) is 1. The summed E-state index contributed by atoms with van der Waals surface area (Å²) < 4.78 is 7.27. The van der Waals surface area contributed by atoms with Gasteiger partial charge in [-0.2, -0.15) is 5.10 Å². The number of aromatic nitrogens is 2. The molecule has 7 nitrogen and oxygen atoms in total. The molecule has 0 saturated heterocycles. The molecule has 1 aromatic heterocycles. The van der Waals surface area contributed by atoms with E-state index in [0.717, 1.165) is 22.4 Å². The van der Waals surface area contributed by atoms with Crippen molar-refractivity contribution in [3.8, 4) is 16.9 Å². The van der Waals surface area contributed by atoms with Crippen molar-refractivity contribution in [1.82, 2.24) is 14.7 Å². The monoisotopic (exact) mass is 388 g/mol. The molecule has 1 aliphatic carbocycles. The first-order valence-corrected chi connectivity index (χ1v) is 9.46. The van der Waals surface area contributed by atoms with E-state index in [4.69, 9.17) is 10.5 Å². The van der Waals surface area contributed by atoms with Gasteiger partial charge in [0.2, 0.25) is 0 Å². The van der Waals surface area contributed by atoms with Gasteiger partial charge < -0.3 is 10.5 Å². The Labute approximate surface area is 167 Å². The number of methoxy groups -OCH3 is 1. The Morgan fingerprint density at radius 3 is 2.41 bits per heavy atom. The molecule has 0 bridgehead atoms. The summed E-state index contributed by atoms with van der Waals surface area (Å²) in [5.41, 5.74) is 11.3. The summed E-state index contributed by atoms with van der Waals surface area (Å²) in [5.74, 6) is 0.000505. The van der Waals surface area contributed by atoms with Crippen molar-refractivity contribution in [2.24, 2.45) is 7.05 Å². The number of aryl methyl sites for hydroxylation is 1. The molecular formula is C22H20N4O3. The number of carbonyl (C=O) groups is 2. The van der Waals surface area contributed by atoms with Gasteiger partial charge in [0, 0.05) is 18.3 Å². The maximum absolute atomic E-state index is 13.2. The van der Waals surface area contributed by atoms with E-state index in [2.05, 4.69) is 5.10 Å². The number of nitrogen functional groups attached to an aromatic ring is 1. The smallest absolute Gasteiger partial charge is 0.262 e. The topological polar surface area (TPSA) is 90.4 Å². The lowest BCUT2D eigenvalue weighted by molar-refractivity contribution is 0.0574. The first-order chi connectivity index (χ1) is 14.0. The van der Waals surface area contributed by atoms with Gasteiger partial charge in [-0.3, -0.25) is 19.2 Å². The molecule has 5 rings (SSSR count). The molecule has 0 radical (unpaired) electrons. The zero-order chi connectivity index (χ0) is 20.3. The normalized spacial score (nSPS) is 17.6. The molecule has 1 aliphatic heterocycles. The number of fused-ring (bicyclic) bond motifs is 4. The Bertz CT molecular complexity index is 1150. The van der Waals surface area contributed by atoms with Gasteiger partial charge in [0.25, 0.3) is 11.8 Å². The van der Waals surface area contributed by atoms with Crippen LogP contribution in [0.5, 0.6) is 5.75 Å². The van der Waals surface area contributed by atoms with Gasteiger partial charge in [0.1, 0.15) is 5.75 Å². The highest BCUT2D eigenvalue weighted by Gasteiger charge is 2.42. The van der Waals surface area contributed by atoms with Crippen LogP contribution in [-0.2, 0) is 13.5 Å². The van der Waals surface area contributed by atoms with Crippen LogP contribution in [0.25, 0.3) is 11.1 Å². The summed E-state index contributed by atoms with van der Waals surface area (Å²) in [6.07, 6.45) is 3.09. The van der Waals surface area contributed by atoms with Crippen molar-refractivity contribution in [3.63, 3.8) is 0 Å². The first kappa shape index (κ1) is 17.5. The van der Waals surface area contributed by atoms with Crippen LogP contribution in [0.15, 0.2) is 42.6 Å². The number of hydrogen-bond donors (Lipinski definition) is 1. The third-order valence-electron chi connectivity index (χ3n) is 5.90.